The molecule has 1 saturated carbocycles. The summed E-state index contributed by atoms with van der Waals surface area (Å²) in [6, 6.07) is 0. The molecule has 0 bridgehead atoms. The molecule has 1 rings (SSSR count). The first-order chi connectivity index (χ1) is 7.92. The number of amides is 2. The first kappa shape index (κ1) is 13.9. The number of hydrogen-bond donors (Lipinski definition) is 3. The predicted octanol–water partition coefficient (Wildman–Crippen LogP) is -0.0589. The van der Waals surface area contributed by atoms with Gasteiger partial charge in [0.05, 0.1) is 16.9 Å². The molecule has 1 aliphatic carbocycles. The van der Waals surface area contributed by atoms with Crippen molar-refractivity contribution < 1.29 is 9.59 Å². The lowest BCUT2D eigenvalue weighted by molar-refractivity contribution is -0.134. The van der Waals surface area contributed by atoms with Crippen molar-refractivity contribution in [1.82, 2.24) is 10.6 Å². The zero-order valence-electron chi connectivity index (χ0n) is 10.2. The third kappa shape index (κ3) is 2.94. The Balaban J connectivity index is 2.51. The molecule has 96 valence electrons. The lowest BCUT2D eigenvalue weighted by atomic mass is 9.62. The van der Waals surface area contributed by atoms with E-state index in [9.17, 15) is 9.59 Å². The van der Waals surface area contributed by atoms with E-state index in [1.165, 1.54) is 0 Å². The average Bonchev–Trinajstić information content (AvgIpc) is 2.21. The van der Waals surface area contributed by atoms with Gasteiger partial charge in [0, 0.05) is 6.54 Å². The molecular weight excluding hydrogens is 238 g/mol. The van der Waals surface area contributed by atoms with E-state index in [1.54, 1.807) is 0 Å². The number of carbonyl (C=O) groups excluding carboxylic acids is 2. The zero-order valence-corrected chi connectivity index (χ0v) is 11.0. The molecule has 0 heterocycles. The molecule has 2 amide bonds. The molecule has 0 atom stereocenters. The number of rotatable bonds is 5. The second kappa shape index (κ2) is 5.44. The molecule has 4 N–H and O–H groups in total. The van der Waals surface area contributed by atoms with Crippen molar-refractivity contribution >= 4 is 29.0 Å². The maximum atomic E-state index is 12.0. The van der Waals surface area contributed by atoms with Crippen LogP contribution in [0.5, 0.6) is 0 Å². The Bertz CT molecular complexity index is 338. The van der Waals surface area contributed by atoms with Crippen LogP contribution in [-0.2, 0) is 9.59 Å². The van der Waals surface area contributed by atoms with Crippen molar-refractivity contribution in [2.24, 2.45) is 17.1 Å². The van der Waals surface area contributed by atoms with Crippen LogP contribution in [0.4, 0.5) is 0 Å². The van der Waals surface area contributed by atoms with Gasteiger partial charge in [0.15, 0.2) is 0 Å². The highest BCUT2D eigenvalue weighted by molar-refractivity contribution is 7.80. The van der Waals surface area contributed by atoms with Gasteiger partial charge in [0.25, 0.3) is 0 Å². The molecule has 0 spiro atoms. The molecule has 0 aromatic rings. The largest absolute Gasteiger partial charge is 0.392 e. The van der Waals surface area contributed by atoms with Gasteiger partial charge in [0.1, 0.15) is 0 Å². The molecule has 0 aliphatic heterocycles. The summed E-state index contributed by atoms with van der Waals surface area (Å²) in [7, 11) is 0. The molecule has 0 aromatic carbocycles. The summed E-state index contributed by atoms with van der Waals surface area (Å²) >= 11 is 4.96. The van der Waals surface area contributed by atoms with Gasteiger partial charge in [-0.1, -0.05) is 19.1 Å². The average molecular weight is 257 g/mol. The van der Waals surface area contributed by atoms with Crippen LogP contribution in [-0.4, -0.2) is 29.9 Å². The van der Waals surface area contributed by atoms with E-state index in [4.69, 9.17) is 18.0 Å². The normalized spacial score (nSPS) is 26.8. The van der Waals surface area contributed by atoms with Crippen molar-refractivity contribution in [2.75, 3.05) is 13.1 Å². The molecular formula is C11H19N3O2S. The van der Waals surface area contributed by atoms with Crippen molar-refractivity contribution in [3.8, 4) is 0 Å². The summed E-state index contributed by atoms with van der Waals surface area (Å²) in [6.07, 6.45) is 1.34. The SMILES string of the molecule is CCNC(=O)CNC(=O)C1(C(N)=S)CC(C)C1. The second-order valence-electron chi connectivity index (χ2n) is 4.60. The van der Waals surface area contributed by atoms with Gasteiger partial charge in [-0.15, -0.1) is 0 Å². The summed E-state index contributed by atoms with van der Waals surface area (Å²) in [5.74, 6) is 0.0207. The fraction of sp³-hybridized carbons (Fsp3) is 0.727. The van der Waals surface area contributed by atoms with Crippen molar-refractivity contribution in [1.29, 1.82) is 0 Å². The quantitative estimate of drug-likeness (QED) is 0.603. The highest BCUT2D eigenvalue weighted by atomic mass is 32.1. The monoisotopic (exact) mass is 257 g/mol. The summed E-state index contributed by atoms with van der Waals surface area (Å²) in [5, 5.41) is 5.20. The van der Waals surface area contributed by atoms with Gasteiger partial charge in [-0.25, -0.2) is 0 Å². The van der Waals surface area contributed by atoms with Gasteiger partial charge >= 0.3 is 0 Å². The second-order valence-corrected chi connectivity index (χ2v) is 5.04. The first-order valence-electron chi connectivity index (χ1n) is 5.77. The number of hydrogen-bond acceptors (Lipinski definition) is 3. The Kier molecular flexibility index (Phi) is 4.45. The van der Waals surface area contributed by atoms with Crippen LogP contribution < -0.4 is 16.4 Å². The van der Waals surface area contributed by atoms with E-state index in [-0.39, 0.29) is 23.3 Å². The third-order valence-electron chi connectivity index (χ3n) is 3.08. The Labute approximate surface area is 107 Å². The van der Waals surface area contributed by atoms with Crippen LogP contribution in [0.25, 0.3) is 0 Å². The minimum absolute atomic E-state index is 0.0224. The van der Waals surface area contributed by atoms with E-state index < -0.39 is 5.41 Å². The van der Waals surface area contributed by atoms with Gasteiger partial charge in [0.2, 0.25) is 11.8 Å². The summed E-state index contributed by atoms with van der Waals surface area (Å²) in [5.41, 5.74) is 4.90. The van der Waals surface area contributed by atoms with Crippen molar-refractivity contribution in [3.05, 3.63) is 0 Å². The van der Waals surface area contributed by atoms with E-state index in [2.05, 4.69) is 10.6 Å². The minimum Gasteiger partial charge on any atom is -0.392 e. The maximum Gasteiger partial charge on any atom is 0.239 e. The van der Waals surface area contributed by atoms with E-state index >= 15 is 0 Å². The Morgan fingerprint density at radius 3 is 2.41 bits per heavy atom. The summed E-state index contributed by atoms with van der Waals surface area (Å²) < 4.78 is 0. The lowest BCUT2D eigenvalue weighted by Gasteiger charge is -2.44. The van der Waals surface area contributed by atoms with Gasteiger partial charge in [-0.2, -0.15) is 0 Å². The van der Waals surface area contributed by atoms with Crippen LogP contribution in [0.15, 0.2) is 0 Å². The predicted molar refractivity (Wildman–Crippen MR) is 69.3 cm³/mol. The molecule has 1 fully saturated rings. The smallest absolute Gasteiger partial charge is 0.239 e. The number of nitrogens with two attached hydrogens (primary N) is 1. The summed E-state index contributed by atoms with van der Waals surface area (Å²) in [6.45, 7) is 4.40. The molecule has 0 aromatic heterocycles. The Hall–Kier alpha value is -1.17. The van der Waals surface area contributed by atoms with Crippen LogP contribution >= 0.6 is 12.2 Å². The molecule has 0 radical (unpaired) electrons. The standard InChI is InChI=1S/C11H19N3O2S/c1-3-13-8(15)6-14-10(16)11(9(12)17)4-7(2)5-11/h7H,3-6H2,1-2H3,(H2,12,17)(H,13,15)(H,14,16). The Morgan fingerprint density at radius 2 is 2.00 bits per heavy atom. The van der Waals surface area contributed by atoms with Gasteiger partial charge in [-0.3, -0.25) is 9.59 Å². The molecule has 5 nitrogen and oxygen atoms in total. The van der Waals surface area contributed by atoms with Gasteiger partial charge in [-0.05, 0) is 25.7 Å². The molecule has 1 aliphatic rings. The molecule has 0 unspecified atom stereocenters. The number of thiocarbonyl (C=S) groups is 1. The molecule has 6 heteroatoms. The first-order valence-corrected chi connectivity index (χ1v) is 6.18. The van der Waals surface area contributed by atoms with Crippen LogP contribution in [0.3, 0.4) is 0 Å². The van der Waals surface area contributed by atoms with Crippen LogP contribution in [0.2, 0.25) is 0 Å². The van der Waals surface area contributed by atoms with Gasteiger partial charge < -0.3 is 16.4 Å². The number of nitrogens with one attached hydrogen (secondary N) is 2. The Morgan fingerprint density at radius 1 is 1.41 bits per heavy atom. The molecule has 17 heavy (non-hydrogen) atoms. The van der Waals surface area contributed by atoms with E-state index in [0.717, 1.165) is 0 Å². The minimum atomic E-state index is -0.735. The third-order valence-corrected chi connectivity index (χ3v) is 3.47. The number of carbonyl (C=O) groups is 2. The maximum absolute atomic E-state index is 12.0. The number of likely N-dealkylation sites (N-methyl/N-ethyl adjacent to an activating group) is 1. The lowest BCUT2D eigenvalue weighted by Crippen LogP contribution is -2.57. The fourth-order valence-corrected chi connectivity index (χ4v) is 2.48. The topological polar surface area (TPSA) is 84.2 Å². The zero-order chi connectivity index (χ0) is 13.1. The highest BCUT2D eigenvalue weighted by Crippen LogP contribution is 2.45. The van der Waals surface area contributed by atoms with Crippen LogP contribution in [0.1, 0.15) is 26.7 Å². The highest BCUT2D eigenvalue weighted by Gasteiger charge is 2.50. The van der Waals surface area contributed by atoms with Crippen molar-refractivity contribution in [3.63, 3.8) is 0 Å². The molecule has 0 saturated heterocycles. The summed E-state index contributed by atoms with van der Waals surface area (Å²) in [4.78, 5) is 23.4. The van der Waals surface area contributed by atoms with E-state index in [0.29, 0.717) is 25.3 Å². The van der Waals surface area contributed by atoms with E-state index in [1.807, 2.05) is 13.8 Å². The fourth-order valence-electron chi connectivity index (χ4n) is 2.22. The van der Waals surface area contributed by atoms with Crippen LogP contribution in [0, 0.1) is 11.3 Å². The van der Waals surface area contributed by atoms with Crippen molar-refractivity contribution in [2.45, 2.75) is 26.7 Å².